The molecule has 0 aromatic heterocycles. The Morgan fingerprint density at radius 2 is 1.91 bits per heavy atom. The molecule has 1 aromatic rings. The molecule has 0 heterocycles. The van der Waals surface area contributed by atoms with E-state index < -0.39 is 0 Å². The number of ether oxygens (including phenoxy) is 1. The van der Waals surface area contributed by atoms with Gasteiger partial charge in [-0.2, -0.15) is 0 Å². The van der Waals surface area contributed by atoms with Crippen LogP contribution in [-0.2, 0) is 0 Å². The third kappa shape index (κ3) is 3.54. The summed E-state index contributed by atoms with van der Waals surface area (Å²) in [5, 5.41) is 0. The van der Waals surface area contributed by atoms with Crippen LogP contribution in [-0.4, -0.2) is 7.11 Å². The Morgan fingerprint density at radius 1 is 1.36 bits per heavy atom. The van der Waals surface area contributed by atoms with Gasteiger partial charge in [-0.1, -0.05) is 24.8 Å². The Morgan fingerprint density at radius 3 is 2.27 bits per heavy atom. The van der Waals surface area contributed by atoms with Gasteiger partial charge in [-0.15, -0.1) is 0 Å². The Bertz CT molecular complexity index is 220. The fraction of sp³-hybridized carbons (Fsp3) is 0.111. The van der Waals surface area contributed by atoms with Crippen LogP contribution >= 0.6 is 0 Å². The van der Waals surface area contributed by atoms with Gasteiger partial charge in [0.05, 0.1) is 7.11 Å². The largest absolute Gasteiger partial charge is 1.00 e. The molecule has 0 atom stereocenters. The molecule has 1 nitrogen and oxygen atoms in total. The molecule has 0 bridgehead atoms. The summed E-state index contributed by atoms with van der Waals surface area (Å²) in [7, 11) is 1.66. The summed E-state index contributed by atoms with van der Waals surface area (Å²) in [5.74, 6) is 0.880. The first-order chi connectivity index (χ1) is 4.86. The second kappa shape index (κ2) is 5.97. The minimum atomic E-state index is 0. The maximum atomic E-state index is 4.98. The first-order valence-corrected chi connectivity index (χ1v) is 3.13. The van der Waals surface area contributed by atoms with Crippen molar-refractivity contribution in [3.63, 3.8) is 0 Å². The third-order valence-corrected chi connectivity index (χ3v) is 1.35. The van der Waals surface area contributed by atoms with E-state index in [-0.39, 0.29) is 52.8 Å². The molecule has 0 saturated heterocycles. The summed E-state index contributed by atoms with van der Waals surface area (Å²) >= 11 is 0. The summed E-state index contributed by atoms with van der Waals surface area (Å²) in [4.78, 5) is 0. The van der Waals surface area contributed by atoms with Gasteiger partial charge in [0.15, 0.2) is 0 Å². The van der Waals surface area contributed by atoms with E-state index in [1.807, 2.05) is 24.3 Å². The normalized spacial score (nSPS) is 8.09. The zero-order valence-corrected chi connectivity index (χ0v) is 10.1. The second-order valence-electron chi connectivity index (χ2n) is 1.98. The zero-order valence-electron chi connectivity index (χ0n) is 8.00. The smallest absolute Gasteiger partial charge is 1.00 e. The third-order valence-electron chi connectivity index (χ3n) is 1.35. The molecule has 0 N–H and O–H groups in total. The van der Waals surface area contributed by atoms with Crippen molar-refractivity contribution in [2.24, 2.45) is 0 Å². The minimum absolute atomic E-state index is 0. The Labute approximate surface area is 111 Å². The molecule has 0 spiro atoms. The number of benzene rings is 1. The molecule has 0 saturated carbocycles. The average molecular weight is 174 g/mol. The van der Waals surface area contributed by atoms with Crippen LogP contribution in [0.1, 0.15) is 6.99 Å². The van der Waals surface area contributed by atoms with Gasteiger partial charge in [0.2, 0.25) is 0 Å². The topological polar surface area (TPSA) is 9.23 Å². The van der Waals surface area contributed by atoms with Crippen LogP contribution in [0.4, 0.5) is 0 Å². The number of hydrogen-bond acceptors (Lipinski definition) is 1. The number of rotatable bonds is 2. The molecule has 0 aliphatic heterocycles. The van der Waals surface area contributed by atoms with Crippen LogP contribution < -0.4 is 56.1 Å². The standard InChI is InChI=1S/C9H10O.K.H/c1-3-8-4-6-9(10-2)7-5-8;;/h3-7H,1H2,2H3;;/q;+1;-1. The summed E-state index contributed by atoms with van der Waals surface area (Å²) in [6.45, 7) is 3.65. The van der Waals surface area contributed by atoms with Gasteiger partial charge in [0.1, 0.15) is 5.75 Å². The Hall–Kier alpha value is 0.396. The number of methoxy groups -OCH3 is 1. The van der Waals surface area contributed by atoms with Crippen LogP contribution in [0.3, 0.4) is 0 Å². The van der Waals surface area contributed by atoms with Crippen molar-refractivity contribution in [2.75, 3.05) is 7.11 Å². The summed E-state index contributed by atoms with van der Waals surface area (Å²) in [5.41, 5.74) is 1.11. The molecule has 1 rings (SSSR count). The average Bonchev–Trinajstić information content (AvgIpc) is 2.05. The van der Waals surface area contributed by atoms with Gasteiger partial charge in [-0.05, 0) is 17.7 Å². The molecule has 11 heavy (non-hydrogen) atoms. The molecule has 0 aliphatic rings. The van der Waals surface area contributed by atoms with E-state index in [0.29, 0.717) is 0 Å². The van der Waals surface area contributed by atoms with Gasteiger partial charge in [0.25, 0.3) is 0 Å². The fourth-order valence-corrected chi connectivity index (χ4v) is 0.740. The molecule has 0 radical (unpaired) electrons. The van der Waals surface area contributed by atoms with E-state index in [4.69, 9.17) is 4.74 Å². The van der Waals surface area contributed by atoms with Gasteiger partial charge in [0, 0.05) is 0 Å². The Balaban J connectivity index is 0. The quantitative estimate of drug-likeness (QED) is 0.547. The van der Waals surface area contributed by atoms with Crippen LogP contribution in [0.5, 0.6) is 5.75 Å². The van der Waals surface area contributed by atoms with Crippen LogP contribution in [0.25, 0.3) is 6.08 Å². The van der Waals surface area contributed by atoms with E-state index in [9.17, 15) is 0 Å². The molecule has 0 fully saturated rings. The molecule has 0 amide bonds. The van der Waals surface area contributed by atoms with Gasteiger partial charge >= 0.3 is 51.4 Å². The predicted molar refractivity (Wildman–Crippen MR) is 44.2 cm³/mol. The first-order valence-electron chi connectivity index (χ1n) is 3.13. The van der Waals surface area contributed by atoms with E-state index in [0.717, 1.165) is 11.3 Å². The van der Waals surface area contributed by atoms with Crippen molar-refractivity contribution >= 4 is 6.08 Å². The SMILES string of the molecule is C=Cc1ccc(OC)cc1.[H-].[K+]. The molecule has 2 heteroatoms. The van der Waals surface area contributed by atoms with Gasteiger partial charge in [-0.25, -0.2) is 0 Å². The molecular formula is C9H11KO. The zero-order chi connectivity index (χ0) is 7.40. The van der Waals surface area contributed by atoms with E-state index in [2.05, 4.69) is 6.58 Å². The van der Waals surface area contributed by atoms with Gasteiger partial charge < -0.3 is 6.16 Å². The van der Waals surface area contributed by atoms with Crippen molar-refractivity contribution in [2.45, 2.75) is 0 Å². The molecule has 0 unspecified atom stereocenters. The predicted octanol–water partition coefficient (Wildman–Crippen LogP) is -0.545. The first kappa shape index (κ1) is 11.4. The van der Waals surface area contributed by atoms with Crippen molar-refractivity contribution in [1.82, 2.24) is 0 Å². The second-order valence-corrected chi connectivity index (χ2v) is 1.98. The summed E-state index contributed by atoms with van der Waals surface area (Å²) in [6.07, 6.45) is 1.80. The van der Waals surface area contributed by atoms with Crippen LogP contribution in [0.2, 0.25) is 0 Å². The van der Waals surface area contributed by atoms with Crippen molar-refractivity contribution in [1.29, 1.82) is 0 Å². The van der Waals surface area contributed by atoms with E-state index in [1.54, 1.807) is 13.2 Å². The molecule has 1 aromatic carbocycles. The van der Waals surface area contributed by atoms with E-state index >= 15 is 0 Å². The number of hydrogen-bond donors (Lipinski definition) is 0. The monoisotopic (exact) mass is 174 g/mol. The summed E-state index contributed by atoms with van der Waals surface area (Å²) < 4.78 is 4.98. The van der Waals surface area contributed by atoms with Crippen molar-refractivity contribution in [3.05, 3.63) is 36.4 Å². The molecule has 0 aliphatic carbocycles. The molecular weight excluding hydrogens is 163 g/mol. The van der Waals surface area contributed by atoms with E-state index in [1.165, 1.54) is 0 Å². The fourth-order valence-electron chi connectivity index (χ4n) is 0.740. The summed E-state index contributed by atoms with van der Waals surface area (Å²) in [6, 6.07) is 7.76. The molecule has 54 valence electrons. The van der Waals surface area contributed by atoms with Crippen LogP contribution in [0, 0.1) is 0 Å². The maximum Gasteiger partial charge on any atom is 1.00 e. The van der Waals surface area contributed by atoms with Gasteiger partial charge in [-0.3, -0.25) is 0 Å². The van der Waals surface area contributed by atoms with Crippen molar-refractivity contribution in [3.8, 4) is 5.75 Å². The Kier molecular flexibility index (Phi) is 6.19. The van der Waals surface area contributed by atoms with Crippen LogP contribution in [0.15, 0.2) is 30.8 Å². The van der Waals surface area contributed by atoms with Crippen molar-refractivity contribution < 1.29 is 57.5 Å². The maximum absolute atomic E-state index is 4.98. The minimum Gasteiger partial charge on any atom is -1.00 e.